The van der Waals surface area contributed by atoms with Crippen molar-refractivity contribution in [2.75, 3.05) is 5.88 Å². The molecular formula is C13H19ClN4. The number of para-hydroxylation sites is 1. The average molecular weight is 267 g/mol. The van der Waals surface area contributed by atoms with Crippen molar-refractivity contribution in [3.63, 3.8) is 0 Å². The summed E-state index contributed by atoms with van der Waals surface area (Å²) in [7, 11) is 1.97. The molecule has 1 atom stereocenters. The first-order chi connectivity index (χ1) is 8.76. The van der Waals surface area contributed by atoms with Crippen molar-refractivity contribution in [2.24, 2.45) is 12.9 Å². The van der Waals surface area contributed by atoms with Crippen molar-refractivity contribution in [3.05, 3.63) is 30.0 Å². The van der Waals surface area contributed by atoms with Gasteiger partial charge in [0.25, 0.3) is 0 Å². The minimum absolute atomic E-state index is 0.224. The Morgan fingerprint density at radius 2 is 2.22 bits per heavy atom. The van der Waals surface area contributed by atoms with Crippen molar-refractivity contribution >= 4 is 22.5 Å². The monoisotopic (exact) mass is 266 g/mol. The molecule has 2 aromatic rings. The minimum Gasteiger partial charge on any atom is -0.271 e. The zero-order chi connectivity index (χ0) is 13.0. The van der Waals surface area contributed by atoms with Gasteiger partial charge in [-0.25, -0.2) is 0 Å². The van der Waals surface area contributed by atoms with Crippen LogP contribution in [0.25, 0.3) is 10.9 Å². The molecule has 1 heterocycles. The number of nitrogens with two attached hydrogens (primary N) is 1. The molecule has 0 bridgehead atoms. The number of hydrazine groups is 1. The first-order valence-corrected chi connectivity index (χ1v) is 6.72. The van der Waals surface area contributed by atoms with E-state index in [1.807, 2.05) is 23.9 Å². The molecule has 98 valence electrons. The van der Waals surface area contributed by atoms with Crippen LogP contribution >= 0.6 is 11.6 Å². The van der Waals surface area contributed by atoms with Gasteiger partial charge in [-0.05, 0) is 18.9 Å². The van der Waals surface area contributed by atoms with Crippen LogP contribution in [0.2, 0.25) is 0 Å². The quantitative estimate of drug-likeness (QED) is 0.477. The number of halogens is 1. The van der Waals surface area contributed by atoms with Crippen molar-refractivity contribution in [2.45, 2.75) is 25.3 Å². The van der Waals surface area contributed by atoms with E-state index in [1.54, 1.807) is 0 Å². The molecule has 0 fully saturated rings. The largest absolute Gasteiger partial charge is 0.271 e. The Labute approximate surface area is 112 Å². The zero-order valence-electron chi connectivity index (χ0n) is 10.6. The van der Waals surface area contributed by atoms with Gasteiger partial charge in [0.15, 0.2) is 0 Å². The smallest absolute Gasteiger partial charge is 0.0719 e. The number of fused-ring (bicyclic) bond motifs is 1. The fraction of sp³-hybridized carbons (Fsp3) is 0.462. The summed E-state index contributed by atoms with van der Waals surface area (Å²) in [4.78, 5) is 0. The van der Waals surface area contributed by atoms with Gasteiger partial charge >= 0.3 is 0 Å². The van der Waals surface area contributed by atoms with Gasteiger partial charge in [0.2, 0.25) is 0 Å². The van der Waals surface area contributed by atoms with Crippen LogP contribution in [0.3, 0.4) is 0 Å². The third kappa shape index (κ3) is 2.83. The number of rotatable bonds is 6. The second-order valence-corrected chi connectivity index (χ2v) is 4.86. The minimum atomic E-state index is 0.224. The average Bonchev–Trinajstić information content (AvgIpc) is 2.72. The molecule has 0 aliphatic carbocycles. The van der Waals surface area contributed by atoms with E-state index in [0.717, 1.165) is 30.5 Å². The maximum absolute atomic E-state index is 5.72. The predicted molar refractivity (Wildman–Crippen MR) is 75.5 cm³/mol. The molecular weight excluding hydrogens is 248 g/mol. The highest BCUT2D eigenvalue weighted by Crippen LogP contribution is 2.19. The second-order valence-electron chi connectivity index (χ2n) is 4.49. The summed E-state index contributed by atoms with van der Waals surface area (Å²) in [6.07, 6.45) is 2.75. The summed E-state index contributed by atoms with van der Waals surface area (Å²) >= 11 is 5.72. The standard InChI is InChI=1S/C13H19ClN4/c1-18-13-7-3-2-6-11(13)12(17-18)9-10(16-15)5-4-8-14/h2-3,6-7,10,16H,4-5,8-9,15H2,1H3. The Kier molecular flexibility index (Phi) is 4.58. The fourth-order valence-electron chi connectivity index (χ4n) is 2.24. The van der Waals surface area contributed by atoms with Crippen molar-refractivity contribution in [1.82, 2.24) is 15.2 Å². The highest BCUT2D eigenvalue weighted by molar-refractivity contribution is 6.17. The van der Waals surface area contributed by atoms with Gasteiger partial charge in [-0.3, -0.25) is 16.0 Å². The topological polar surface area (TPSA) is 55.9 Å². The molecule has 3 N–H and O–H groups in total. The molecule has 1 aromatic carbocycles. The van der Waals surface area contributed by atoms with E-state index >= 15 is 0 Å². The number of nitrogens with zero attached hydrogens (tertiary/aromatic N) is 2. The lowest BCUT2D eigenvalue weighted by Gasteiger charge is -2.13. The molecule has 0 aliphatic heterocycles. The number of nitrogens with one attached hydrogen (secondary N) is 1. The molecule has 18 heavy (non-hydrogen) atoms. The molecule has 0 spiro atoms. The van der Waals surface area contributed by atoms with Crippen LogP contribution in [-0.4, -0.2) is 21.7 Å². The van der Waals surface area contributed by atoms with E-state index in [9.17, 15) is 0 Å². The third-order valence-electron chi connectivity index (χ3n) is 3.20. The van der Waals surface area contributed by atoms with E-state index in [0.29, 0.717) is 5.88 Å². The highest BCUT2D eigenvalue weighted by atomic mass is 35.5. The summed E-state index contributed by atoms with van der Waals surface area (Å²) in [5, 5.41) is 5.77. The van der Waals surface area contributed by atoms with Crippen LogP contribution in [0.1, 0.15) is 18.5 Å². The summed E-state index contributed by atoms with van der Waals surface area (Å²) in [6, 6.07) is 8.47. The molecule has 0 amide bonds. The number of hydrogen-bond acceptors (Lipinski definition) is 3. The summed E-state index contributed by atoms with van der Waals surface area (Å²) in [5.74, 6) is 6.25. The molecule has 1 unspecified atom stereocenters. The lowest BCUT2D eigenvalue weighted by molar-refractivity contribution is 0.481. The SMILES string of the molecule is Cn1nc(CC(CCCCl)NN)c2ccccc21. The summed E-state index contributed by atoms with van der Waals surface area (Å²) in [6.45, 7) is 0. The summed E-state index contributed by atoms with van der Waals surface area (Å²) in [5.41, 5.74) is 5.09. The normalized spacial score (nSPS) is 13.1. The molecule has 1 aromatic heterocycles. The van der Waals surface area contributed by atoms with Gasteiger partial charge in [-0.1, -0.05) is 18.2 Å². The molecule has 4 nitrogen and oxygen atoms in total. The molecule has 0 saturated heterocycles. The highest BCUT2D eigenvalue weighted by Gasteiger charge is 2.13. The van der Waals surface area contributed by atoms with Gasteiger partial charge in [0, 0.05) is 30.8 Å². The Hall–Kier alpha value is -1.10. The zero-order valence-corrected chi connectivity index (χ0v) is 11.3. The number of alkyl halides is 1. The maximum Gasteiger partial charge on any atom is 0.0719 e. The van der Waals surface area contributed by atoms with Crippen LogP contribution in [-0.2, 0) is 13.5 Å². The van der Waals surface area contributed by atoms with Gasteiger partial charge in [-0.15, -0.1) is 11.6 Å². The second kappa shape index (κ2) is 6.18. The summed E-state index contributed by atoms with van der Waals surface area (Å²) < 4.78 is 1.92. The number of hydrogen-bond donors (Lipinski definition) is 2. The fourth-order valence-corrected chi connectivity index (χ4v) is 2.40. The number of aromatic nitrogens is 2. The van der Waals surface area contributed by atoms with Gasteiger partial charge in [-0.2, -0.15) is 5.10 Å². The first kappa shape index (κ1) is 13.3. The number of aryl methyl sites for hydroxylation is 1. The lowest BCUT2D eigenvalue weighted by Crippen LogP contribution is -2.37. The first-order valence-electron chi connectivity index (χ1n) is 6.19. The van der Waals surface area contributed by atoms with Crippen LogP contribution in [0.4, 0.5) is 0 Å². The molecule has 0 radical (unpaired) electrons. The maximum atomic E-state index is 5.72. The Morgan fingerprint density at radius 1 is 1.44 bits per heavy atom. The van der Waals surface area contributed by atoms with Gasteiger partial charge in [0.1, 0.15) is 0 Å². The lowest BCUT2D eigenvalue weighted by atomic mass is 10.0. The van der Waals surface area contributed by atoms with Crippen molar-refractivity contribution in [1.29, 1.82) is 0 Å². The van der Waals surface area contributed by atoms with Gasteiger partial charge in [0.05, 0.1) is 11.2 Å². The van der Waals surface area contributed by atoms with Crippen LogP contribution in [0.5, 0.6) is 0 Å². The van der Waals surface area contributed by atoms with Crippen LogP contribution in [0, 0.1) is 0 Å². The Balaban J connectivity index is 2.20. The molecule has 2 rings (SSSR count). The van der Waals surface area contributed by atoms with Crippen LogP contribution < -0.4 is 11.3 Å². The Morgan fingerprint density at radius 3 is 2.94 bits per heavy atom. The molecule has 0 saturated carbocycles. The number of benzene rings is 1. The van der Waals surface area contributed by atoms with E-state index in [-0.39, 0.29) is 6.04 Å². The van der Waals surface area contributed by atoms with Gasteiger partial charge < -0.3 is 0 Å². The predicted octanol–water partition coefficient (Wildman–Crippen LogP) is 1.97. The molecule has 5 heteroatoms. The van der Waals surface area contributed by atoms with Crippen LogP contribution in [0.15, 0.2) is 24.3 Å². The van der Waals surface area contributed by atoms with E-state index in [2.05, 4.69) is 22.7 Å². The van der Waals surface area contributed by atoms with E-state index in [1.165, 1.54) is 5.39 Å². The van der Waals surface area contributed by atoms with Crippen molar-refractivity contribution in [3.8, 4) is 0 Å². The van der Waals surface area contributed by atoms with E-state index in [4.69, 9.17) is 17.4 Å². The van der Waals surface area contributed by atoms with E-state index < -0.39 is 0 Å². The molecule has 0 aliphatic rings. The van der Waals surface area contributed by atoms with Crippen molar-refractivity contribution < 1.29 is 0 Å². The Bertz CT molecular complexity index is 509. The third-order valence-corrected chi connectivity index (χ3v) is 3.46.